The number of rotatable bonds is 5. The summed E-state index contributed by atoms with van der Waals surface area (Å²) in [4.78, 5) is 14.8. The van der Waals surface area contributed by atoms with Gasteiger partial charge in [-0.3, -0.25) is 0 Å². The number of piperidine rings is 1. The van der Waals surface area contributed by atoms with Crippen molar-refractivity contribution in [2.45, 2.75) is 29.9 Å². The summed E-state index contributed by atoms with van der Waals surface area (Å²) in [6.45, 7) is 2.68. The predicted octanol–water partition coefficient (Wildman–Crippen LogP) is 5.26. The van der Waals surface area contributed by atoms with Crippen LogP contribution in [0.3, 0.4) is 0 Å². The minimum absolute atomic E-state index is 0.264. The van der Waals surface area contributed by atoms with Crippen molar-refractivity contribution in [2.24, 2.45) is 0 Å². The monoisotopic (exact) mass is 450 g/mol. The van der Waals surface area contributed by atoms with Crippen LogP contribution in [0.4, 0.5) is 10.5 Å². The number of urea groups is 1. The largest absolute Gasteiger partial charge is 0.455 e. The number of hydrogen-bond acceptors (Lipinski definition) is 4. The molecule has 0 spiro atoms. The molecule has 0 aliphatic carbocycles. The summed E-state index contributed by atoms with van der Waals surface area (Å²) < 4.78 is 31.8. The third kappa shape index (κ3) is 4.94. The van der Waals surface area contributed by atoms with Crippen molar-refractivity contribution in [1.82, 2.24) is 4.90 Å². The van der Waals surface area contributed by atoms with E-state index in [1.54, 1.807) is 29.2 Å². The van der Waals surface area contributed by atoms with Gasteiger partial charge in [0, 0.05) is 13.1 Å². The van der Waals surface area contributed by atoms with E-state index in [2.05, 4.69) is 5.32 Å². The quantitative estimate of drug-likeness (QED) is 0.575. The van der Waals surface area contributed by atoms with Crippen LogP contribution in [0.25, 0.3) is 0 Å². The molecule has 0 saturated carbocycles. The molecule has 1 aliphatic heterocycles. The number of sulfone groups is 1. The number of likely N-dealkylation sites (tertiary alicyclic amines) is 1. The fraction of sp³-hybridized carbons (Fsp3) is 0.240. The summed E-state index contributed by atoms with van der Waals surface area (Å²) in [5, 5.41) is 2.42. The predicted molar refractivity (Wildman–Crippen MR) is 125 cm³/mol. The van der Waals surface area contributed by atoms with E-state index in [0.29, 0.717) is 48.0 Å². The highest BCUT2D eigenvalue weighted by Gasteiger charge is 2.32. The molecule has 1 heterocycles. The Morgan fingerprint density at radius 1 is 0.906 bits per heavy atom. The number of nitrogens with zero attached hydrogens (tertiary/aromatic N) is 1. The molecular weight excluding hydrogens is 424 g/mol. The Balaban J connectivity index is 1.39. The lowest BCUT2D eigenvalue weighted by atomic mass is 10.1. The number of hydrogen-bond donors (Lipinski definition) is 1. The number of para-hydroxylation sites is 3. The summed E-state index contributed by atoms with van der Waals surface area (Å²) in [7, 11) is -3.41. The van der Waals surface area contributed by atoms with Gasteiger partial charge in [-0.15, -0.1) is 0 Å². The lowest BCUT2D eigenvalue weighted by Crippen LogP contribution is -2.44. The molecule has 3 aromatic rings. The Kier molecular flexibility index (Phi) is 6.46. The molecule has 6 nitrogen and oxygen atoms in total. The molecular formula is C25H26N2O4S. The van der Waals surface area contributed by atoms with Gasteiger partial charge in [-0.2, -0.15) is 0 Å². The Labute approximate surface area is 188 Å². The first-order valence-corrected chi connectivity index (χ1v) is 12.2. The number of anilines is 1. The van der Waals surface area contributed by atoms with Crippen molar-refractivity contribution >= 4 is 21.6 Å². The van der Waals surface area contributed by atoms with Crippen LogP contribution in [-0.4, -0.2) is 37.7 Å². The maximum Gasteiger partial charge on any atom is 0.321 e. The molecule has 0 bridgehead atoms. The van der Waals surface area contributed by atoms with E-state index >= 15 is 0 Å². The van der Waals surface area contributed by atoms with Crippen LogP contribution < -0.4 is 10.1 Å². The van der Waals surface area contributed by atoms with E-state index in [-0.39, 0.29) is 6.03 Å². The average molecular weight is 451 g/mol. The Morgan fingerprint density at radius 3 is 2.22 bits per heavy atom. The van der Waals surface area contributed by atoms with Crippen LogP contribution >= 0.6 is 0 Å². The first-order chi connectivity index (χ1) is 15.4. The van der Waals surface area contributed by atoms with E-state index < -0.39 is 15.1 Å². The second-order valence-electron chi connectivity index (χ2n) is 7.89. The lowest BCUT2D eigenvalue weighted by Gasteiger charge is -2.32. The van der Waals surface area contributed by atoms with Gasteiger partial charge in [-0.05, 0) is 56.2 Å². The van der Waals surface area contributed by atoms with Gasteiger partial charge in [0.25, 0.3) is 0 Å². The highest BCUT2D eigenvalue weighted by Crippen LogP contribution is 2.30. The fourth-order valence-corrected chi connectivity index (χ4v) is 5.49. The van der Waals surface area contributed by atoms with Gasteiger partial charge in [-0.25, -0.2) is 13.2 Å². The third-order valence-corrected chi connectivity index (χ3v) is 7.90. The first kappa shape index (κ1) is 21.9. The SMILES string of the molecule is Cc1ccc(S(=O)(=O)C2CCN(C(=O)Nc3ccccc3Oc3ccccc3)CC2)cc1. The molecule has 0 atom stereocenters. The Morgan fingerprint density at radius 2 is 1.53 bits per heavy atom. The van der Waals surface area contributed by atoms with Crippen LogP contribution in [0.5, 0.6) is 11.5 Å². The maximum absolute atomic E-state index is 12.9. The molecule has 4 rings (SSSR count). The van der Waals surface area contributed by atoms with Crippen LogP contribution in [0.2, 0.25) is 0 Å². The smallest absolute Gasteiger partial charge is 0.321 e. The van der Waals surface area contributed by atoms with Gasteiger partial charge in [0.2, 0.25) is 0 Å². The van der Waals surface area contributed by atoms with Crippen molar-refractivity contribution in [3.8, 4) is 11.5 Å². The van der Waals surface area contributed by atoms with Gasteiger partial charge >= 0.3 is 6.03 Å². The molecule has 166 valence electrons. The van der Waals surface area contributed by atoms with E-state index in [1.807, 2.05) is 61.5 Å². The van der Waals surface area contributed by atoms with Gasteiger partial charge in [0.05, 0.1) is 15.8 Å². The van der Waals surface area contributed by atoms with Crippen molar-refractivity contribution in [3.63, 3.8) is 0 Å². The van der Waals surface area contributed by atoms with E-state index in [9.17, 15) is 13.2 Å². The number of ether oxygens (including phenoxy) is 1. The Bertz CT molecular complexity index is 1170. The van der Waals surface area contributed by atoms with Crippen LogP contribution in [0, 0.1) is 6.92 Å². The summed E-state index contributed by atoms with van der Waals surface area (Å²) in [5.74, 6) is 1.22. The van der Waals surface area contributed by atoms with Crippen LogP contribution in [-0.2, 0) is 9.84 Å². The average Bonchev–Trinajstić information content (AvgIpc) is 2.81. The number of benzene rings is 3. The number of carbonyl (C=O) groups excluding carboxylic acids is 1. The minimum atomic E-state index is -3.41. The highest BCUT2D eigenvalue weighted by atomic mass is 32.2. The summed E-state index contributed by atoms with van der Waals surface area (Å²) >= 11 is 0. The van der Waals surface area contributed by atoms with Crippen molar-refractivity contribution in [3.05, 3.63) is 84.4 Å². The summed E-state index contributed by atoms with van der Waals surface area (Å²) in [5.41, 5.74) is 1.59. The molecule has 7 heteroatoms. The maximum atomic E-state index is 12.9. The second kappa shape index (κ2) is 9.44. The molecule has 3 aromatic carbocycles. The van der Waals surface area contributed by atoms with Gasteiger partial charge in [0.1, 0.15) is 5.75 Å². The lowest BCUT2D eigenvalue weighted by molar-refractivity contribution is 0.200. The van der Waals surface area contributed by atoms with E-state index in [1.165, 1.54) is 0 Å². The summed E-state index contributed by atoms with van der Waals surface area (Å²) in [6, 6.07) is 23.3. The van der Waals surface area contributed by atoms with Crippen molar-refractivity contribution < 1.29 is 17.9 Å². The number of nitrogens with one attached hydrogen (secondary N) is 1. The first-order valence-electron chi connectivity index (χ1n) is 10.6. The third-order valence-electron chi connectivity index (χ3n) is 5.62. The zero-order chi connectivity index (χ0) is 22.6. The second-order valence-corrected chi connectivity index (χ2v) is 10.1. The minimum Gasteiger partial charge on any atom is -0.455 e. The van der Waals surface area contributed by atoms with Gasteiger partial charge in [-0.1, -0.05) is 48.0 Å². The zero-order valence-corrected chi connectivity index (χ0v) is 18.7. The molecule has 2 amide bonds. The van der Waals surface area contributed by atoms with Gasteiger partial charge in [0.15, 0.2) is 15.6 Å². The standard InChI is InChI=1S/C25H26N2O4S/c1-19-11-13-21(14-12-19)32(29,30)22-15-17-27(18-16-22)25(28)26-23-9-5-6-10-24(23)31-20-7-3-2-4-8-20/h2-14,22H,15-18H2,1H3,(H,26,28). The van der Waals surface area contributed by atoms with Gasteiger partial charge < -0.3 is 15.0 Å². The normalized spacial score (nSPS) is 14.7. The molecule has 0 aromatic heterocycles. The number of amides is 2. The molecule has 0 radical (unpaired) electrons. The zero-order valence-electron chi connectivity index (χ0n) is 17.9. The molecule has 32 heavy (non-hydrogen) atoms. The summed E-state index contributed by atoms with van der Waals surface area (Å²) in [6.07, 6.45) is 0.817. The van der Waals surface area contributed by atoms with Crippen molar-refractivity contribution in [1.29, 1.82) is 0 Å². The molecule has 1 N–H and O–H groups in total. The highest BCUT2D eigenvalue weighted by molar-refractivity contribution is 7.92. The number of carbonyl (C=O) groups is 1. The van der Waals surface area contributed by atoms with E-state index in [0.717, 1.165) is 5.56 Å². The molecule has 1 aliphatic rings. The Hall–Kier alpha value is -3.32. The van der Waals surface area contributed by atoms with E-state index in [4.69, 9.17) is 4.74 Å². The molecule has 1 saturated heterocycles. The molecule has 0 unspecified atom stereocenters. The van der Waals surface area contributed by atoms with Crippen LogP contribution in [0.15, 0.2) is 83.8 Å². The topological polar surface area (TPSA) is 75.7 Å². The number of aryl methyl sites for hydroxylation is 1. The fourth-order valence-electron chi connectivity index (χ4n) is 3.76. The molecule has 1 fully saturated rings. The van der Waals surface area contributed by atoms with Crippen LogP contribution in [0.1, 0.15) is 18.4 Å². The van der Waals surface area contributed by atoms with Crippen molar-refractivity contribution in [2.75, 3.05) is 18.4 Å².